The fourth-order valence-electron chi connectivity index (χ4n) is 2.72. The molecule has 6 heteroatoms. The number of halogens is 1. The van der Waals surface area contributed by atoms with Crippen LogP contribution in [0.15, 0.2) is 18.2 Å². The van der Waals surface area contributed by atoms with Crippen LogP contribution in [0.4, 0.5) is 4.39 Å². The third kappa shape index (κ3) is 5.85. The molecular weight excluding hydrogens is 311 g/mol. The summed E-state index contributed by atoms with van der Waals surface area (Å²) in [5.74, 6) is -0.353. The zero-order valence-corrected chi connectivity index (χ0v) is 14.7. The van der Waals surface area contributed by atoms with Gasteiger partial charge in [0, 0.05) is 13.2 Å². The van der Waals surface area contributed by atoms with Crippen molar-refractivity contribution >= 4 is 5.91 Å². The molecule has 0 aromatic heterocycles. The number of hydrogen-bond donors (Lipinski definition) is 1. The van der Waals surface area contributed by atoms with E-state index < -0.39 is 0 Å². The van der Waals surface area contributed by atoms with E-state index in [-0.39, 0.29) is 30.3 Å². The number of amides is 1. The third-order valence-corrected chi connectivity index (χ3v) is 4.18. The van der Waals surface area contributed by atoms with E-state index in [1.165, 1.54) is 12.1 Å². The Morgan fingerprint density at radius 1 is 1.46 bits per heavy atom. The van der Waals surface area contributed by atoms with Crippen molar-refractivity contribution < 1.29 is 18.7 Å². The monoisotopic (exact) mass is 338 g/mol. The molecule has 0 unspecified atom stereocenters. The molecule has 1 aliphatic heterocycles. The average Bonchev–Trinajstić information content (AvgIpc) is 2.51. The van der Waals surface area contributed by atoms with Gasteiger partial charge in [-0.05, 0) is 50.7 Å². The predicted octanol–water partition coefficient (Wildman–Crippen LogP) is 1.53. The van der Waals surface area contributed by atoms with Gasteiger partial charge in [0.05, 0.1) is 25.7 Å². The molecule has 0 bridgehead atoms. The first-order chi connectivity index (χ1) is 11.5. The molecule has 1 aliphatic rings. The maximum Gasteiger partial charge on any atom is 0.224 e. The second kappa shape index (κ2) is 9.11. The summed E-state index contributed by atoms with van der Waals surface area (Å²) in [6.45, 7) is 4.35. The normalized spacial score (nSPS) is 21.0. The van der Waals surface area contributed by atoms with Crippen LogP contribution in [-0.2, 0) is 20.7 Å². The smallest absolute Gasteiger partial charge is 0.224 e. The van der Waals surface area contributed by atoms with Gasteiger partial charge in [-0.2, -0.15) is 0 Å². The number of rotatable bonds is 7. The highest BCUT2D eigenvalue weighted by molar-refractivity contribution is 5.79. The fraction of sp³-hybridized carbons (Fsp3) is 0.611. The molecule has 0 aliphatic carbocycles. The highest BCUT2D eigenvalue weighted by Gasteiger charge is 2.28. The second-order valence-corrected chi connectivity index (χ2v) is 6.50. The van der Waals surface area contributed by atoms with Gasteiger partial charge in [0.25, 0.3) is 0 Å². The Labute approximate surface area is 143 Å². The molecule has 1 N–H and O–H groups in total. The van der Waals surface area contributed by atoms with Crippen molar-refractivity contribution in [3.05, 3.63) is 35.1 Å². The lowest BCUT2D eigenvalue weighted by Crippen LogP contribution is -2.50. The summed E-state index contributed by atoms with van der Waals surface area (Å²) in [5.41, 5.74) is 1.63. The number of likely N-dealkylation sites (N-methyl/N-ethyl adjacent to an activating group) is 1. The Kier molecular flexibility index (Phi) is 7.15. The summed E-state index contributed by atoms with van der Waals surface area (Å²) in [7, 11) is 3.98. The number of ether oxygens (including phenoxy) is 2. The van der Waals surface area contributed by atoms with Crippen LogP contribution in [0.3, 0.4) is 0 Å². The largest absolute Gasteiger partial charge is 0.379 e. The molecule has 134 valence electrons. The molecule has 24 heavy (non-hydrogen) atoms. The maximum atomic E-state index is 13.1. The summed E-state index contributed by atoms with van der Waals surface area (Å²) in [5, 5.41) is 3.05. The molecular formula is C18H27FN2O3. The van der Waals surface area contributed by atoms with E-state index in [1.807, 2.05) is 21.0 Å². The van der Waals surface area contributed by atoms with Crippen LogP contribution in [0.5, 0.6) is 0 Å². The Morgan fingerprint density at radius 2 is 2.25 bits per heavy atom. The minimum absolute atomic E-state index is 0.0471. The first kappa shape index (κ1) is 18.8. The molecule has 1 aromatic carbocycles. The van der Waals surface area contributed by atoms with Crippen LogP contribution in [0, 0.1) is 12.7 Å². The first-order valence-electron chi connectivity index (χ1n) is 8.34. The zero-order valence-electron chi connectivity index (χ0n) is 14.7. The first-order valence-corrected chi connectivity index (χ1v) is 8.34. The molecule has 2 rings (SSSR count). The number of benzene rings is 1. The van der Waals surface area contributed by atoms with Crippen molar-refractivity contribution in [1.29, 1.82) is 0 Å². The zero-order chi connectivity index (χ0) is 17.5. The Balaban J connectivity index is 1.87. The number of carbonyl (C=O) groups excluding carboxylic acids is 1. The number of nitrogens with zero attached hydrogens (tertiary/aromatic N) is 1. The van der Waals surface area contributed by atoms with Crippen molar-refractivity contribution in [3.63, 3.8) is 0 Å². The van der Waals surface area contributed by atoms with Gasteiger partial charge >= 0.3 is 0 Å². The Bertz CT molecular complexity index is 551. The topological polar surface area (TPSA) is 50.8 Å². The van der Waals surface area contributed by atoms with Gasteiger partial charge in [-0.3, -0.25) is 4.79 Å². The van der Waals surface area contributed by atoms with Crippen LogP contribution >= 0.6 is 0 Å². The number of nitrogens with one attached hydrogen (secondary N) is 1. The third-order valence-electron chi connectivity index (χ3n) is 4.18. The molecule has 2 atom stereocenters. The minimum atomic E-state index is -0.282. The van der Waals surface area contributed by atoms with Crippen LogP contribution in [-0.4, -0.2) is 63.4 Å². The summed E-state index contributed by atoms with van der Waals surface area (Å²) >= 11 is 0. The molecule has 0 radical (unpaired) electrons. The van der Waals surface area contributed by atoms with E-state index in [1.54, 1.807) is 6.07 Å². The van der Waals surface area contributed by atoms with Crippen LogP contribution in [0.2, 0.25) is 0 Å². The SMILES string of the molecule is Cc1cc(F)ccc1CC(=O)N[C@@H]1CCOC[C@H]1OCCN(C)C. The maximum absolute atomic E-state index is 13.1. The van der Waals surface area contributed by atoms with Gasteiger partial charge in [0.15, 0.2) is 0 Å². The van der Waals surface area contributed by atoms with Crippen molar-refractivity contribution in [2.45, 2.75) is 31.9 Å². The molecule has 1 fully saturated rings. The lowest BCUT2D eigenvalue weighted by atomic mass is 10.0. The van der Waals surface area contributed by atoms with E-state index in [2.05, 4.69) is 10.2 Å². The molecule has 5 nitrogen and oxygen atoms in total. The summed E-state index contributed by atoms with van der Waals surface area (Å²) in [6.07, 6.45) is 0.853. The number of aryl methyl sites for hydroxylation is 1. The molecule has 1 aromatic rings. The van der Waals surface area contributed by atoms with E-state index in [4.69, 9.17) is 9.47 Å². The Hall–Kier alpha value is -1.50. The summed E-state index contributed by atoms with van der Waals surface area (Å²) in [6, 6.07) is 4.45. The fourth-order valence-corrected chi connectivity index (χ4v) is 2.72. The molecule has 1 amide bonds. The highest BCUT2D eigenvalue weighted by atomic mass is 19.1. The van der Waals surface area contributed by atoms with Gasteiger partial charge in [-0.25, -0.2) is 4.39 Å². The van der Waals surface area contributed by atoms with Gasteiger partial charge in [0.1, 0.15) is 11.9 Å². The van der Waals surface area contributed by atoms with Crippen molar-refractivity contribution in [3.8, 4) is 0 Å². The molecule has 1 heterocycles. The van der Waals surface area contributed by atoms with E-state index in [9.17, 15) is 9.18 Å². The van der Waals surface area contributed by atoms with Gasteiger partial charge in [-0.1, -0.05) is 6.07 Å². The predicted molar refractivity (Wildman–Crippen MR) is 90.5 cm³/mol. The van der Waals surface area contributed by atoms with Crippen LogP contribution in [0.1, 0.15) is 17.5 Å². The van der Waals surface area contributed by atoms with Gasteiger partial charge in [-0.15, -0.1) is 0 Å². The number of hydrogen-bond acceptors (Lipinski definition) is 4. The standard InChI is InChI=1S/C18H27FN2O3/c1-13-10-15(19)5-4-14(13)11-18(22)20-16-6-8-23-12-17(16)24-9-7-21(2)3/h4-5,10,16-17H,6-9,11-12H2,1-3H3,(H,20,22)/t16-,17-/m1/s1. The van der Waals surface area contributed by atoms with Crippen LogP contribution in [0.25, 0.3) is 0 Å². The van der Waals surface area contributed by atoms with E-state index in [0.717, 1.165) is 24.1 Å². The quantitative estimate of drug-likeness (QED) is 0.819. The second-order valence-electron chi connectivity index (χ2n) is 6.50. The van der Waals surface area contributed by atoms with E-state index >= 15 is 0 Å². The summed E-state index contributed by atoms with van der Waals surface area (Å²) < 4.78 is 24.5. The van der Waals surface area contributed by atoms with Crippen molar-refractivity contribution in [1.82, 2.24) is 10.2 Å². The lowest BCUT2D eigenvalue weighted by Gasteiger charge is -2.32. The van der Waals surface area contributed by atoms with Crippen molar-refractivity contribution in [2.75, 3.05) is 40.5 Å². The molecule has 0 spiro atoms. The summed E-state index contributed by atoms with van der Waals surface area (Å²) in [4.78, 5) is 14.4. The number of carbonyl (C=O) groups is 1. The average molecular weight is 338 g/mol. The molecule has 1 saturated heterocycles. The van der Waals surface area contributed by atoms with E-state index in [0.29, 0.717) is 19.8 Å². The minimum Gasteiger partial charge on any atom is -0.379 e. The molecule has 0 saturated carbocycles. The lowest BCUT2D eigenvalue weighted by molar-refractivity contribution is -0.125. The van der Waals surface area contributed by atoms with Crippen molar-refractivity contribution in [2.24, 2.45) is 0 Å². The Morgan fingerprint density at radius 3 is 2.96 bits per heavy atom. The highest BCUT2D eigenvalue weighted by Crippen LogP contribution is 2.14. The van der Waals surface area contributed by atoms with Gasteiger partial charge in [0.2, 0.25) is 5.91 Å². The van der Waals surface area contributed by atoms with Gasteiger partial charge < -0.3 is 19.7 Å². The van der Waals surface area contributed by atoms with Crippen LogP contribution < -0.4 is 5.32 Å².